The summed E-state index contributed by atoms with van der Waals surface area (Å²) in [5.41, 5.74) is 1.57. The number of nitrogens with one attached hydrogen (secondary N) is 1. The Morgan fingerprint density at radius 3 is 2.68 bits per heavy atom. The molecular weight excluding hydrogens is 397 g/mol. The van der Waals surface area contributed by atoms with Crippen molar-refractivity contribution in [3.8, 4) is 5.75 Å². The van der Waals surface area contributed by atoms with E-state index in [1.165, 1.54) is 12.5 Å². The molecule has 160 valence electrons. The first kappa shape index (κ1) is 19.8. The minimum Gasteiger partial charge on any atom is -0.486 e. The maximum atomic E-state index is 13.8. The van der Waals surface area contributed by atoms with E-state index in [0.717, 1.165) is 25.7 Å². The van der Waals surface area contributed by atoms with Crippen molar-refractivity contribution in [3.05, 3.63) is 64.7 Å². The molecule has 1 fully saturated rings. The standard InChI is InChI=1S/C25H24FNO4/c1-15-21-19(30-23(15)24(29)27-14-16-7-3-4-8-17(16)26)9-10-20-22(21)18(28)13-25(31-20)11-5-2-6-12-25/h3-4,7-10H,2,5-6,11-14H2,1H3,(H,27,29). The fourth-order valence-corrected chi connectivity index (χ4v) is 4.92. The largest absolute Gasteiger partial charge is 0.486 e. The zero-order chi connectivity index (χ0) is 21.6. The lowest BCUT2D eigenvalue weighted by molar-refractivity contribution is 0.0139. The molecule has 6 heteroatoms. The summed E-state index contributed by atoms with van der Waals surface area (Å²) in [4.78, 5) is 26.0. The molecule has 0 radical (unpaired) electrons. The van der Waals surface area contributed by atoms with Crippen molar-refractivity contribution in [1.82, 2.24) is 5.32 Å². The lowest BCUT2D eigenvalue weighted by atomic mass is 9.78. The van der Waals surface area contributed by atoms with Crippen molar-refractivity contribution in [3.63, 3.8) is 0 Å². The molecule has 1 saturated carbocycles. The predicted molar refractivity (Wildman–Crippen MR) is 114 cm³/mol. The Bertz CT molecular complexity index is 1190. The molecule has 0 atom stereocenters. The second kappa shape index (κ2) is 7.52. The maximum absolute atomic E-state index is 13.8. The Hall–Kier alpha value is -3.15. The molecule has 2 heterocycles. The number of carbonyl (C=O) groups is 2. The number of aryl methyl sites for hydroxylation is 1. The van der Waals surface area contributed by atoms with Crippen LogP contribution < -0.4 is 10.1 Å². The summed E-state index contributed by atoms with van der Waals surface area (Å²) in [6.45, 7) is 1.81. The van der Waals surface area contributed by atoms with Crippen LogP contribution in [-0.4, -0.2) is 17.3 Å². The highest BCUT2D eigenvalue weighted by Gasteiger charge is 2.42. The van der Waals surface area contributed by atoms with Gasteiger partial charge in [-0.15, -0.1) is 0 Å². The molecule has 1 aliphatic carbocycles. The molecule has 0 saturated heterocycles. The van der Waals surface area contributed by atoms with E-state index in [0.29, 0.717) is 39.8 Å². The first-order chi connectivity index (χ1) is 15.0. The summed E-state index contributed by atoms with van der Waals surface area (Å²) in [5, 5.41) is 3.34. The number of carbonyl (C=O) groups excluding carboxylic acids is 2. The molecule has 0 unspecified atom stereocenters. The normalized spacial score (nSPS) is 17.4. The molecular formula is C25H24FNO4. The number of ketones is 1. The fraction of sp³-hybridized carbons (Fsp3) is 0.360. The summed E-state index contributed by atoms with van der Waals surface area (Å²) in [5.74, 6) is -0.0782. The third-order valence-electron chi connectivity index (χ3n) is 6.51. The van der Waals surface area contributed by atoms with Gasteiger partial charge in [-0.05, 0) is 50.8 Å². The Balaban J connectivity index is 1.46. The van der Waals surface area contributed by atoms with Gasteiger partial charge in [-0.1, -0.05) is 24.6 Å². The number of benzene rings is 2. The van der Waals surface area contributed by atoms with Gasteiger partial charge in [-0.2, -0.15) is 0 Å². The molecule has 1 aromatic heterocycles. The molecule has 5 nitrogen and oxygen atoms in total. The van der Waals surface area contributed by atoms with E-state index in [9.17, 15) is 14.0 Å². The fourth-order valence-electron chi connectivity index (χ4n) is 4.92. The zero-order valence-corrected chi connectivity index (χ0v) is 17.4. The van der Waals surface area contributed by atoms with Crippen LogP contribution in [0.2, 0.25) is 0 Å². The highest BCUT2D eigenvalue weighted by molar-refractivity contribution is 6.13. The third-order valence-corrected chi connectivity index (χ3v) is 6.51. The number of rotatable bonds is 3. The number of hydrogen-bond acceptors (Lipinski definition) is 4. The van der Waals surface area contributed by atoms with Gasteiger partial charge in [-0.3, -0.25) is 9.59 Å². The van der Waals surface area contributed by atoms with E-state index in [4.69, 9.17) is 9.15 Å². The molecule has 3 aromatic rings. The van der Waals surface area contributed by atoms with Gasteiger partial charge in [0.15, 0.2) is 11.5 Å². The van der Waals surface area contributed by atoms with Crippen LogP contribution in [0, 0.1) is 12.7 Å². The number of hydrogen-bond donors (Lipinski definition) is 1. The molecule has 31 heavy (non-hydrogen) atoms. The number of halogens is 1. The van der Waals surface area contributed by atoms with Crippen molar-refractivity contribution >= 4 is 22.7 Å². The summed E-state index contributed by atoms with van der Waals surface area (Å²) >= 11 is 0. The van der Waals surface area contributed by atoms with Gasteiger partial charge in [0.2, 0.25) is 0 Å². The molecule has 1 amide bonds. The van der Waals surface area contributed by atoms with Gasteiger partial charge in [-0.25, -0.2) is 4.39 Å². The Kier molecular flexibility index (Phi) is 4.80. The summed E-state index contributed by atoms with van der Waals surface area (Å²) in [7, 11) is 0. The van der Waals surface area contributed by atoms with Crippen molar-refractivity contribution in [2.75, 3.05) is 0 Å². The van der Waals surface area contributed by atoms with Crippen molar-refractivity contribution in [2.45, 2.75) is 57.6 Å². The second-order valence-corrected chi connectivity index (χ2v) is 8.59. The smallest absolute Gasteiger partial charge is 0.287 e. The first-order valence-electron chi connectivity index (χ1n) is 10.8. The van der Waals surface area contributed by atoms with Gasteiger partial charge >= 0.3 is 0 Å². The summed E-state index contributed by atoms with van der Waals surface area (Å²) in [6, 6.07) is 9.82. The summed E-state index contributed by atoms with van der Waals surface area (Å²) < 4.78 is 26.0. The summed E-state index contributed by atoms with van der Waals surface area (Å²) in [6.07, 6.45) is 5.47. The zero-order valence-electron chi connectivity index (χ0n) is 17.4. The van der Waals surface area contributed by atoms with E-state index >= 15 is 0 Å². The van der Waals surface area contributed by atoms with Crippen LogP contribution in [0.5, 0.6) is 5.75 Å². The molecule has 0 bridgehead atoms. The lowest BCUT2D eigenvalue weighted by Gasteiger charge is -2.40. The number of ether oxygens (including phenoxy) is 1. The highest BCUT2D eigenvalue weighted by atomic mass is 19.1. The van der Waals surface area contributed by atoms with Gasteiger partial charge in [0, 0.05) is 23.1 Å². The van der Waals surface area contributed by atoms with Crippen LogP contribution in [0.1, 0.15) is 70.6 Å². The Morgan fingerprint density at radius 2 is 1.90 bits per heavy atom. The molecule has 2 aliphatic rings. The van der Waals surface area contributed by atoms with E-state index in [1.807, 2.05) is 0 Å². The molecule has 2 aromatic carbocycles. The van der Waals surface area contributed by atoms with E-state index in [-0.39, 0.29) is 23.9 Å². The van der Waals surface area contributed by atoms with Crippen LogP contribution in [0.3, 0.4) is 0 Å². The molecule has 1 spiro atoms. The quantitative estimate of drug-likeness (QED) is 0.608. The van der Waals surface area contributed by atoms with Gasteiger partial charge in [0.25, 0.3) is 5.91 Å². The minimum atomic E-state index is -0.446. The van der Waals surface area contributed by atoms with Crippen molar-refractivity contribution in [1.29, 1.82) is 0 Å². The third kappa shape index (κ3) is 3.40. The minimum absolute atomic E-state index is 0.0379. The maximum Gasteiger partial charge on any atom is 0.287 e. The molecule has 1 N–H and O–H groups in total. The first-order valence-corrected chi connectivity index (χ1v) is 10.8. The monoisotopic (exact) mass is 421 g/mol. The lowest BCUT2D eigenvalue weighted by Crippen LogP contribution is -2.43. The van der Waals surface area contributed by atoms with Crippen molar-refractivity contribution in [2.24, 2.45) is 0 Å². The Morgan fingerprint density at radius 1 is 1.13 bits per heavy atom. The van der Waals surface area contributed by atoms with Gasteiger partial charge in [0.05, 0.1) is 12.0 Å². The van der Waals surface area contributed by atoms with Gasteiger partial charge in [0.1, 0.15) is 22.8 Å². The SMILES string of the molecule is Cc1c(C(=O)NCc2ccccc2F)oc2ccc3c(c12)C(=O)CC1(CCCCC1)O3. The molecule has 5 rings (SSSR count). The predicted octanol–water partition coefficient (Wildman–Crippen LogP) is 5.48. The highest BCUT2D eigenvalue weighted by Crippen LogP contribution is 2.45. The average molecular weight is 421 g/mol. The van der Waals surface area contributed by atoms with Crippen LogP contribution in [0.4, 0.5) is 4.39 Å². The van der Waals surface area contributed by atoms with E-state index < -0.39 is 11.5 Å². The van der Waals surface area contributed by atoms with Crippen molar-refractivity contribution < 1.29 is 23.1 Å². The number of amides is 1. The second-order valence-electron chi connectivity index (χ2n) is 8.59. The average Bonchev–Trinajstić information content (AvgIpc) is 3.10. The number of Topliss-reactive ketones (excluding diaryl/α,β-unsaturated/α-hetero) is 1. The van der Waals surface area contributed by atoms with Crippen LogP contribution in [0.25, 0.3) is 11.0 Å². The topological polar surface area (TPSA) is 68.5 Å². The van der Waals surface area contributed by atoms with Gasteiger partial charge < -0.3 is 14.5 Å². The van der Waals surface area contributed by atoms with E-state index in [2.05, 4.69) is 5.32 Å². The molecule has 1 aliphatic heterocycles. The number of fused-ring (bicyclic) bond motifs is 3. The Labute approximate surface area is 179 Å². The van der Waals surface area contributed by atoms with Crippen LogP contribution >= 0.6 is 0 Å². The van der Waals surface area contributed by atoms with E-state index in [1.54, 1.807) is 37.3 Å². The van der Waals surface area contributed by atoms with Crippen LogP contribution in [0.15, 0.2) is 40.8 Å². The number of furan rings is 1. The van der Waals surface area contributed by atoms with Crippen LogP contribution in [-0.2, 0) is 6.54 Å².